The first-order valence-corrected chi connectivity index (χ1v) is 6.60. The summed E-state index contributed by atoms with van der Waals surface area (Å²) in [6, 6.07) is 11.7. The van der Waals surface area contributed by atoms with E-state index in [4.69, 9.17) is 4.74 Å². The molecule has 90 valence electrons. The van der Waals surface area contributed by atoms with Crippen LogP contribution in [0.5, 0.6) is 5.75 Å². The summed E-state index contributed by atoms with van der Waals surface area (Å²) in [5.74, 6) is 0.847. The van der Waals surface area contributed by atoms with Gasteiger partial charge < -0.3 is 9.84 Å². The summed E-state index contributed by atoms with van der Waals surface area (Å²) in [7, 11) is 0. The van der Waals surface area contributed by atoms with Crippen LogP contribution in [0.3, 0.4) is 0 Å². The summed E-state index contributed by atoms with van der Waals surface area (Å²) < 4.78 is 5.37. The average molecular weight is 248 g/mol. The fraction of sp³-hybridized carbons (Fsp3) is 0.286. The fourth-order valence-electron chi connectivity index (χ4n) is 1.69. The van der Waals surface area contributed by atoms with Gasteiger partial charge >= 0.3 is 0 Å². The molecule has 0 fully saturated rings. The van der Waals surface area contributed by atoms with Crippen molar-refractivity contribution in [2.75, 3.05) is 6.61 Å². The van der Waals surface area contributed by atoms with Gasteiger partial charge in [0.25, 0.3) is 0 Å². The van der Waals surface area contributed by atoms with E-state index in [-0.39, 0.29) is 0 Å². The van der Waals surface area contributed by atoms with Crippen LogP contribution >= 0.6 is 11.3 Å². The van der Waals surface area contributed by atoms with Crippen molar-refractivity contribution in [3.8, 4) is 5.75 Å². The monoisotopic (exact) mass is 248 g/mol. The third-order valence-electron chi connectivity index (χ3n) is 2.55. The molecule has 0 radical (unpaired) electrons. The van der Waals surface area contributed by atoms with Crippen molar-refractivity contribution in [3.05, 3.63) is 52.2 Å². The summed E-state index contributed by atoms with van der Waals surface area (Å²) in [6.07, 6.45) is 0.232. The molecule has 1 N–H and O–H groups in total. The summed E-state index contributed by atoms with van der Waals surface area (Å²) in [6.45, 7) is 2.62. The van der Waals surface area contributed by atoms with Crippen molar-refractivity contribution in [1.82, 2.24) is 0 Å². The maximum absolute atomic E-state index is 10.1. The Bertz CT molecular complexity index is 434. The van der Waals surface area contributed by atoms with Gasteiger partial charge in [-0.15, -0.1) is 11.3 Å². The summed E-state index contributed by atoms with van der Waals surface area (Å²) in [5.41, 5.74) is 0.932. The predicted molar refractivity (Wildman–Crippen MR) is 70.6 cm³/mol. The van der Waals surface area contributed by atoms with Crippen molar-refractivity contribution < 1.29 is 9.84 Å². The number of hydrogen-bond donors (Lipinski definition) is 1. The molecule has 0 spiro atoms. The first kappa shape index (κ1) is 12.1. The number of rotatable bonds is 5. The largest absolute Gasteiger partial charge is 0.494 e. The Morgan fingerprint density at radius 1 is 1.24 bits per heavy atom. The molecule has 2 nitrogen and oxygen atoms in total. The lowest BCUT2D eigenvalue weighted by Crippen LogP contribution is -2.00. The van der Waals surface area contributed by atoms with E-state index in [1.807, 2.05) is 48.7 Å². The fourth-order valence-corrected chi connectivity index (χ4v) is 2.43. The quantitative estimate of drug-likeness (QED) is 0.878. The molecular formula is C14H16O2S. The molecule has 0 amide bonds. The van der Waals surface area contributed by atoms with Crippen molar-refractivity contribution in [3.63, 3.8) is 0 Å². The number of thiophene rings is 1. The SMILES string of the molecule is CCOc1ccc(C(O)Cc2cccs2)cc1. The molecule has 0 saturated heterocycles. The van der Waals surface area contributed by atoms with E-state index in [1.54, 1.807) is 11.3 Å². The first-order valence-electron chi connectivity index (χ1n) is 5.73. The average Bonchev–Trinajstić information content (AvgIpc) is 2.83. The molecule has 1 aromatic carbocycles. The maximum Gasteiger partial charge on any atom is 0.119 e. The normalized spacial score (nSPS) is 12.4. The molecule has 3 heteroatoms. The van der Waals surface area contributed by atoms with Gasteiger partial charge in [0.15, 0.2) is 0 Å². The standard InChI is InChI=1S/C14H16O2S/c1-2-16-12-7-5-11(6-8-12)14(15)10-13-4-3-9-17-13/h3-9,14-15H,2,10H2,1H3. The van der Waals surface area contributed by atoms with Gasteiger partial charge in [-0.1, -0.05) is 18.2 Å². The van der Waals surface area contributed by atoms with Crippen LogP contribution in [0.1, 0.15) is 23.5 Å². The van der Waals surface area contributed by atoms with Gasteiger partial charge in [-0.25, -0.2) is 0 Å². The molecule has 2 aromatic rings. The van der Waals surface area contributed by atoms with Crippen LogP contribution in [0.4, 0.5) is 0 Å². The van der Waals surface area contributed by atoms with E-state index in [1.165, 1.54) is 4.88 Å². The van der Waals surface area contributed by atoms with Gasteiger partial charge in [0.05, 0.1) is 12.7 Å². The van der Waals surface area contributed by atoms with Crippen LogP contribution in [-0.2, 0) is 6.42 Å². The minimum absolute atomic E-state index is 0.440. The smallest absolute Gasteiger partial charge is 0.119 e. The number of ether oxygens (including phenoxy) is 1. The lowest BCUT2D eigenvalue weighted by Gasteiger charge is -2.10. The molecule has 0 aliphatic heterocycles. The van der Waals surface area contributed by atoms with E-state index in [0.717, 1.165) is 11.3 Å². The molecule has 1 atom stereocenters. The zero-order valence-electron chi connectivity index (χ0n) is 9.80. The highest BCUT2D eigenvalue weighted by molar-refractivity contribution is 7.09. The van der Waals surface area contributed by atoms with Crippen LogP contribution in [0.15, 0.2) is 41.8 Å². The molecule has 0 aliphatic carbocycles. The van der Waals surface area contributed by atoms with Crippen molar-refractivity contribution >= 4 is 11.3 Å². The topological polar surface area (TPSA) is 29.5 Å². The maximum atomic E-state index is 10.1. The lowest BCUT2D eigenvalue weighted by molar-refractivity contribution is 0.179. The Morgan fingerprint density at radius 2 is 2.00 bits per heavy atom. The zero-order valence-corrected chi connectivity index (χ0v) is 10.6. The molecule has 0 aliphatic rings. The number of aliphatic hydroxyl groups is 1. The molecule has 17 heavy (non-hydrogen) atoms. The van der Waals surface area contributed by atoms with Crippen molar-refractivity contribution in [1.29, 1.82) is 0 Å². The zero-order chi connectivity index (χ0) is 12.1. The molecular weight excluding hydrogens is 232 g/mol. The minimum atomic E-state index is -0.440. The Hall–Kier alpha value is -1.32. The van der Waals surface area contributed by atoms with Gasteiger partial charge in [0.2, 0.25) is 0 Å². The van der Waals surface area contributed by atoms with Crippen LogP contribution in [0, 0.1) is 0 Å². The summed E-state index contributed by atoms with van der Waals surface area (Å²) >= 11 is 1.67. The second-order valence-electron chi connectivity index (χ2n) is 3.80. The molecule has 1 unspecified atom stereocenters. The van der Waals surface area contributed by atoms with E-state index >= 15 is 0 Å². The van der Waals surface area contributed by atoms with Crippen LogP contribution < -0.4 is 4.74 Å². The number of benzene rings is 1. The number of hydrogen-bond acceptors (Lipinski definition) is 3. The van der Waals surface area contributed by atoms with E-state index < -0.39 is 6.10 Å². The predicted octanol–water partition coefficient (Wildman–Crippen LogP) is 3.42. The van der Waals surface area contributed by atoms with Crippen molar-refractivity contribution in [2.45, 2.75) is 19.4 Å². The van der Waals surface area contributed by atoms with Crippen LogP contribution in [0.25, 0.3) is 0 Å². The van der Waals surface area contributed by atoms with Gasteiger partial charge in [0, 0.05) is 11.3 Å². The van der Waals surface area contributed by atoms with Gasteiger partial charge in [-0.2, -0.15) is 0 Å². The third-order valence-corrected chi connectivity index (χ3v) is 3.45. The van der Waals surface area contributed by atoms with Crippen LogP contribution in [0.2, 0.25) is 0 Å². The molecule has 0 saturated carbocycles. The number of aliphatic hydroxyl groups excluding tert-OH is 1. The summed E-state index contributed by atoms with van der Waals surface area (Å²) in [5, 5.41) is 12.1. The molecule has 2 rings (SSSR count). The van der Waals surface area contributed by atoms with Gasteiger partial charge in [0.1, 0.15) is 5.75 Å². The van der Waals surface area contributed by atoms with E-state index in [9.17, 15) is 5.11 Å². The summed E-state index contributed by atoms with van der Waals surface area (Å²) in [4.78, 5) is 1.20. The minimum Gasteiger partial charge on any atom is -0.494 e. The molecule has 1 heterocycles. The highest BCUT2D eigenvalue weighted by Crippen LogP contribution is 2.23. The Morgan fingerprint density at radius 3 is 2.59 bits per heavy atom. The third kappa shape index (κ3) is 3.32. The van der Waals surface area contributed by atoms with Gasteiger partial charge in [-0.3, -0.25) is 0 Å². The van der Waals surface area contributed by atoms with Gasteiger partial charge in [-0.05, 0) is 36.1 Å². The Kier molecular flexibility index (Phi) is 4.18. The highest BCUT2D eigenvalue weighted by atomic mass is 32.1. The van der Waals surface area contributed by atoms with Crippen molar-refractivity contribution in [2.24, 2.45) is 0 Å². The van der Waals surface area contributed by atoms with E-state index in [0.29, 0.717) is 13.0 Å². The molecule has 1 aromatic heterocycles. The lowest BCUT2D eigenvalue weighted by atomic mass is 10.1. The van der Waals surface area contributed by atoms with E-state index in [2.05, 4.69) is 0 Å². The Balaban J connectivity index is 2.01. The first-order chi connectivity index (χ1) is 8.29. The second kappa shape index (κ2) is 5.84. The Labute approximate surface area is 105 Å². The molecule has 0 bridgehead atoms. The highest BCUT2D eigenvalue weighted by Gasteiger charge is 2.09. The van der Waals surface area contributed by atoms with Crippen LogP contribution in [-0.4, -0.2) is 11.7 Å². The second-order valence-corrected chi connectivity index (χ2v) is 4.83.